The molecule has 0 unspecified atom stereocenters. The first kappa shape index (κ1) is 14.9. The van der Waals surface area contributed by atoms with Gasteiger partial charge in [-0.25, -0.2) is 0 Å². The van der Waals surface area contributed by atoms with Crippen LogP contribution in [0.5, 0.6) is 11.5 Å². The highest BCUT2D eigenvalue weighted by molar-refractivity contribution is 9.10. The third-order valence-corrected chi connectivity index (χ3v) is 4.13. The fourth-order valence-electron chi connectivity index (χ4n) is 1.63. The molecule has 0 saturated carbocycles. The van der Waals surface area contributed by atoms with Gasteiger partial charge in [0.05, 0.1) is 4.47 Å². The first-order chi connectivity index (χ1) is 8.97. The summed E-state index contributed by atoms with van der Waals surface area (Å²) in [6.07, 6.45) is 0. The summed E-state index contributed by atoms with van der Waals surface area (Å²) in [5.74, 6) is 1.45. The molecule has 0 heterocycles. The molecule has 0 aliphatic carbocycles. The molecule has 0 bridgehead atoms. The van der Waals surface area contributed by atoms with Crippen LogP contribution >= 0.6 is 43.5 Å². The average molecular weight is 406 g/mol. The quantitative estimate of drug-likeness (QED) is 0.713. The van der Waals surface area contributed by atoms with E-state index in [9.17, 15) is 0 Å². The molecule has 19 heavy (non-hydrogen) atoms. The Bertz CT molecular complexity index is 602. The molecule has 0 aliphatic rings. The van der Waals surface area contributed by atoms with Gasteiger partial charge in [-0.2, -0.15) is 0 Å². The minimum atomic E-state index is -0.0225. The number of nitrogens with two attached hydrogens (primary N) is 1. The van der Waals surface area contributed by atoms with Gasteiger partial charge >= 0.3 is 0 Å². The van der Waals surface area contributed by atoms with Crippen molar-refractivity contribution in [3.63, 3.8) is 0 Å². The Morgan fingerprint density at radius 3 is 2.42 bits per heavy atom. The predicted molar refractivity (Wildman–Crippen MR) is 86.0 cm³/mol. The third kappa shape index (κ3) is 3.72. The van der Waals surface area contributed by atoms with Crippen molar-refractivity contribution in [3.05, 3.63) is 55.9 Å². The minimum absolute atomic E-state index is 0.0225. The minimum Gasteiger partial charge on any atom is -0.456 e. The van der Waals surface area contributed by atoms with E-state index in [-0.39, 0.29) is 6.04 Å². The highest BCUT2D eigenvalue weighted by atomic mass is 79.9. The van der Waals surface area contributed by atoms with Crippen molar-refractivity contribution in [2.24, 2.45) is 5.73 Å². The highest BCUT2D eigenvalue weighted by Gasteiger charge is 2.08. The summed E-state index contributed by atoms with van der Waals surface area (Å²) in [6, 6.07) is 11.1. The van der Waals surface area contributed by atoms with E-state index in [0.717, 1.165) is 20.3 Å². The van der Waals surface area contributed by atoms with E-state index in [1.165, 1.54) is 0 Å². The summed E-state index contributed by atoms with van der Waals surface area (Å²) in [5, 5.41) is 0.660. The van der Waals surface area contributed by atoms with Gasteiger partial charge in [-0.3, -0.25) is 0 Å². The number of rotatable bonds is 3. The van der Waals surface area contributed by atoms with Crippen molar-refractivity contribution >= 4 is 43.5 Å². The van der Waals surface area contributed by atoms with Crippen molar-refractivity contribution in [2.75, 3.05) is 0 Å². The molecule has 0 aromatic heterocycles. The van der Waals surface area contributed by atoms with E-state index < -0.39 is 0 Å². The lowest BCUT2D eigenvalue weighted by molar-refractivity contribution is 0.479. The molecule has 2 aromatic carbocycles. The maximum atomic E-state index is 5.89. The van der Waals surface area contributed by atoms with Crippen LogP contribution in [0, 0.1) is 0 Å². The lowest BCUT2D eigenvalue weighted by atomic mass is 10.1. The predicted octanol–water partition coefficient (Wildman–Crippen LogP) is 5.68. The topological polar surface area (TPSA) is 35.2 Å². The summed E-state index contributed by atoms with van der Waals surface area (Å²) in [7, 11) is 0. The molecule has 0 aliphatic heterocycles. The normalized spacial score (nSPS) is 12.3. The Kier molecular flexibility index (Phi) is 4.90. The monoisotopic (exact) mass is 403 g/mol. The Balaban J connectivity index is 2.26. The lowest BCUT2D eigenvalue weighted by Gasteiger charge is -2.12. The molecule has 2 rings (SSSR count). The van der Waals surface area contributed by atoms with Gasteiger partial charge in [0, 0.05) is 15.5 Å². The molecule has 0 amide bonds. The van der Waals surface area contributed by atoms with Gasteiger partial charge in [0.1, 0.15) is 11.5 Å². The Labute approximate surface area is 134 Å². The van der Waals surface area contributed by atoms with E-state index in [1.807, 2.05) is 31.2 Å². The third-order valence-electron chi connectivity index (χ3n) is 2.58. The largest absolute Gasteiger partial charge is 0.456 e. The van der Waals surface area contributed by atoms with Gasteiger partial charge < -0.3 is 10.5 Å². The summed E-state index contributed by atoms with van der Waals surface area (Å²) >= 11 is 12.8. The summed E-state index contributed by atoms with van der Waals surface area (Å²) in [5.41, 5.74) is 6.91. The number of hydrogen-bond acceptors (Lipinski definition) is 2. The number of benzene rings is 2. The van der Waals surface area contributed by atoms with E-state index >= 15 is 0 Å². The highest BCUT2D eigenvalue weighted by Crippen LogP contribution is 2.34. The molecule has 0 radical (unpaired) electrons. The van der Waals surface area contributed by atoms with Gasteiger partial charge in [-0.1, -0.05) is 33.6 Å². The first-order valence-electron chi connectivity index (χ1n) is 5.65. The molecule has 0 fully saturated rings. The van der Waals surface area contributed by atoms with Crippen LogP contribution in [0.4, 0.5) is 0 Å². The van der Waals surface area contributed by atoms with E-state index in [0.29, 0.717) is 10.8 Å². The van der Waals surface area contributed by atoms with Gasteiger partial charge in [-0.05, 0) is 58.7 Å². The van der Waals surface area contributed by atoms with Gasteiger partial charge in [0.25, 0.3) is 0 Å². The van der Waals surface area contributed by atoms with Crippen LogP contribution in [0.1, 0.15) is 18.5 Å². The molecule has 2 nitrogen and oxygen atoms in total. The molecule has 1 atom stereocenters. The summed E-state index contributed by atoms with van der Waals surface area (Å²) in [6.45, 7) is 1.94. The van der Waals surface area contributed by atoms with Crippen molar-refractivity contribution in [1.82, 2.24) is 0 Å². The van der Waals surface area contributed by atoms with Crippen LogP contribution in [0.2, 0.25) is 5.02 Å². The second-order valence-corrected chi connectivity index (χ2v) is 6.29. The average Bonchev–Trinajstić information content (AvgIpc) is 2.32. The van der Waals surface area contributed by atoms with Crippen molar-refractivity contribution in [3.8, 4) is 11.5 Å². The number of hydrogen-bond donors (Lipinski definition) is 1. The van der Waals surface area contributed by atoms with E-state index in [4.69, 9.17) is 22.1 Å². The zero-order valence-corrected chi connectivity index (χ0v) is 14.1. The fourth-order valence-corrected chi connectivity index (χ4v) is 3.11. The summed E-state index contributed by atoms with van der Waals surface area (Å²) < 4.78 is 7.55. The van der Waals surface area contributed by atoms with Crippen molar-refractivity contribution < 1.29 is 4.74 Å². The van der Waals surface area contributed by atoms with Crippen molar-refractivity contribution in [1.29, 1.82) is 0 Å². The smallest absolute Gasteiger partial charge is 0.141 e. The van der Waals surface area contributed by atoms with Gasteiger partial charge in [0.15, 0.2) is 0 Å². The van der Waals surface area contributed by atoms with Crippen LogP contribution in [0.3, 0.4) is 0 Å². The Hall–Kier alpha value is -0.550. The molecular weight excluding hydrogens is 393 g/mol. The van der Waals surface area contributed by atoms with E-state index in [2.05, 4.69) is 31.9 Å². The van der Waals surface area contributed by atoms with E-state index in [1.54, 1.807) is 12.1 Å². The van der Waals surface area contributed by atoms with Crippen LogP contribution < -0.4 is 10.5 Å². The molecule has 5 heteroatoms. The number of ether oxygens (including phenoxy) is 1. The number of halogens is 3. The maximum Gasteiger partial charge on any atom is 0.141 e. The second-order valence-electron chi connectivity index (χ2n) is 4.15. The van der Waals surface area contributed by atoms with Crippen LogP contribution in [0.25, 0.3) is 0 Å². The van der Waals surface area contributed by atoms with Crippen LogP contribution in [-0.2, 0) is 0 Å². The lowest BCUT2D eigenvalue weighted by Crippen LogP contribution is -2.05. The fraction of sp³-hybridized carbons (Fsp3) is 0.143. The van der Waals surface area contributed by atoms with Gasteiger partial charge in [0.2, 0.25) is 0 Å². The standard InChI is InChI=1S/C14H12Br2ClNO/c1-8(18)11-4-3-10(7-12(11)15)19-14-5-2-9(17)6-13(14)16/h2-8H,18H2,1H3/t8-/m1/s1. The maximum absolute atomic E-state index is 5.89. The molecular formula is C14H12Br2ClNO. The molecule has 2 aromatic rings. The molecule has 100 valence electrons. The van der Waals surface area contributed by atoms with Crippen LogP contribution in [0.15, 0.2) is 45.3 Å². The van der Waals surface area contributed by atoms with Gasteiger partial charge in [-0.15, -0.1) is 0 Å². The van der Waals surface area contributed by atoms with Crippen LogP contribution in [-0.4, -0.2) is 0 Å². The zero-order valence-electron chi connectivity index (χ0n) is 10.2. The molecule has 0 saturated heterocycles. The SMILES string of the molecule is C[C@@H](N)c1ccc(Oc2ccc(Cl)cc2Br)cc1Br. The zero-order chi connectivity index (χ0) is 14.0. The molecule has 0 spiro atoms. The summed E-state index contributed by atoms with van der Waals surface area (Å²) in [4.78, 5) is 0. The Morgan fingerprint density at radius 1 is 1.11 bits per heavy atom. The first-order valence-corrected chi connectivity index (χ1v) is 7.61. The van der Waals surface area contributed by atoms with Crippen molar-refractivity contribution in [2.45, 2.75) is 13.0 Å². The Morgan fingerprint density at radius 2 is 1.84 bits per heavy atom. The second kappa shape index (κ2) is 6.27. The molecule has 2 N–H and O–H groups in total.